The minimum atomic E-state index is -0.287. The van der Waals surface area contributed by atoms with Gasteiger partial charge in [-0.3, -0.25) is 0 Å². The zero-order chi connectivity index (χ0) is 9.42. The number of fused-ring (bicyclic) bond motifs is 1. The molecule has 0 spiro atoms. The molecular weight excluding hydrogens is 218 g/mol. The monoisotopic (exact) mass is 223 g/mol. The molecule has 0 radical (unpaired) electrons. The van der Waals surface area contributed by atoms with Crippen LogP contribution in [0.1, 0.15) is 20.7 Å². The Kier molecular flexibility index (Phi) is 1.94. The summed E-state index contributed by atoms with van der Waals surface area (Å²) in [5.41, 5.74) is 0.904. The van der Waals surface area contributed by atoms with Crippen LogP contribution < -0.4 is 0 Å². The predicted octanol–water partition coefficient (Wildman–Crippen LogP) is 0.787. The van der Waals surface area contributed by atoms with Gasteiger partial charge in [0.2, 0.25) is 0 Å². The van der Waals surface area contributed by atoms with Crippen molar-refractivity contribution in [3.8, 4) is 0 Å². The van der Waals surface area contributed by atoms with E-state index in [0.29, 0.717) is 11.1 Å². The first-order valence-electron chi connectivity index (χ1n) is 3.71. The quantitative estimate of drug-likeness (QED) is 0.522. The van der Waals surface area contributed by atoms with Gasteiger partial charge in [-0.15, -0.1) is 0 Å². The molecule has 0 aliphatic carbocycles. The van der Waals surface area contributed by atoms with Gasteiger partial charge in [0, 0.05) is 0 Å². The summed E-state index contributed by atoms with van der Waals surface area (Å²) >= 11 is 4.84. The van der Waals surface area contributed by atoms with Crippen LogP contribution in [0.15, 0.2) is 24.3 Å². The van der Waals surface area contributed by atoms with Crippen molar-refractivity contribution in [2.75, 3.05) is 5.44 Å². The molecule has 70 valence electrons. The Morgan fingerprint density at radius 3 is 1.92 bits per heavy atom. The molecule has 0 N–H and O–H groups in total. The van der Waals surface area contributed by atoms with E-state index in [0.717, 1.165) is 4.90 Å². The molecule has 3 nitrogen and oxygen atoms in total. The summed E-state index contributed by atoms with van der Waals surface area (Å²) in [6.07, 6.45) is 0. The number of hydrogen-bond acceptors (Lipinski definition) is 2. The molecule has 0 aromatic heterocycles. The SMILES string of the molecule is O=C1c2ccccc2C(=O)N1[CH2][Cu]. The van der Waals surface area contributed by atoms with E-state index in [4.69, 9.17) is 16.0 Å². The van der Waals surface area contributed by atoms with Gasteiger partial charge >= 0.3 is 83.2 Å². The molecule has 0 atom stereocenters. The van der Waals surface area contributed by atoms with E-state index in [1.165, 1.54) is 0 Å². The third kappa shape index (κ3) is 1.10. The molecule has 1 heterocycles. The fourth-order valence-electron chi connectivity index (χ4n) is 1.33. The van der Waals surface area contributed by atoms with Crippen molar-refractivity contribution < 1.29 is 25.6 Å². The van der Waals surface area contributed by atoms with Crippen LogP contribution in [0.4, 0.5) is 0 Å². The van der Waals surface area contributed by atoms with Gasteiger partial charge in [-0.25, -0.2) is 0 Å². The molecule has 0 saturated heterocycles. The van der Waals surface area contributed by atoms with Crippen molar-refractivity contribution in [3.63, 3.8) is 0 Å². The summed E-state index contributed by atoms with van der Waals surface area (Å²) in [6.45, 7) is 0. The zero-order valence-corrected chi connectivity index (χ0v) is 7.52. The molecule has 1 aromatic carbocycles. The second-order valence-electron chi connectivity index (χ2n) is 2.68. The van der Waals surface area contributed by atoms with Crippen LogP contribution in [0.3, 0.4) is 0 Å². The summed E-state index contributed by atoms with van der Waals surface area (Å²) in [5.74, 6) is -0.574. The number of imide groups is 1. The van der Waals surface area contributed by atoms with E-state index in [1.807, 2.05) is 0 Å². The van der Waals surface area contributed by atoms with Crippen LogP contribution in [0.5, 0.6) is 0 Å². The molecule has 0 saturated carbocycles. The fourth-order valence-corrected chi connectivity index (χ4v) is 1.60. The van der Waals surface area contributed by atoms with Crippen molar-refractivity contribution in [2.24, 2.45) is 0 Å². The second-order valence-corrected chi connectivity index (χ2v) is 2.98. The first-order valence-corrected chi connectivity index (χ1v) is 4.38. The minimum absolute atomic E-state index is 0.000648. The maximum atomic E-state index is 11.5. The van der Waals surface area contributed by atoms with E-state index in [-0.39, 0.29) is 17.3 Å². The van der Waals surface area contributed by atoms with Crippen molar-refractivity contribution in [1.82, 2.24) is 4.90 Å². The zero-order valence-electron chi connectivity index (χ0n) is 6.58. The molecule has 0 unspecified atom stereocenters. The average molecular weight is 224 g/mol. The number of benzene rings is 1. The van der Waals surface area contributed by atoms with Crippen molar-refractivity contribution >= 4 is 11.8 Å². The van der Waals surface area contributed by atoms with Gasteiger partial charge in [0.05, 0.1) is 0 Å². The van der Waals surface area contributed by atoms with Crippen LogP contribution in [0.2, 0.25) is 0 Å². The van der Waals surface area contributed by atoms with Crippen molar-refractivity contribution in [3.05, 3.63) is 35.4 Å². The number of amides is 2. The van der Waals surface area contributed by atoms with Crippen LogP contribution >= 0.6 is 0 Å². The van der Waals surface area contributed by atoms with Gasteiger partial charge in [-0.05, 0) is 0 Å². The Bertz CT molecular complexity index is 354. The van der Waals surface area contributed by atoms with E-state index >= 15 is 0 Å². The Labute approximate surface area is 83.5 Å². The first kappa shape index (κ1) is 8.48. The number of carbonyl (C=O) groups is 2. The van der Waals surface area contributed by atoms with Crippen molar-refractivity contribution in [2.45, 2.75) is 0 Å². The van der Waals surface area contributed by atoms with E-state index in [9.17, 15) is 9.59 Å². The van der Waals surface area contributed by atoms with Crippen LogP contribution in [-0.2, 0) is 16.0 Å². The summed E-state index contributed by atoms with van der Waals surface area (Å²) in [7, 11) is 0. The molecule has 1 aliphatic heterocycles. The standard InChI is InChI=1S/C9H6NO2.Cu/c1-10-8(11)6-4-2-3-5-7(6)9(10)12;/h2-5H,1H2;. The molecule has 1 aliphatic rings. The van der Waals surface area contributed by atoms with E-state index in [1.54, 1.807) is 24.3 Å². The number of hydrogen-bond donors (Lipinski definition) is 0. The summed E-state index contributed by atoms with van der Waals surface area (Å²) < 4.78 is 0. The van der Waals surface area contributed by atoms with Gasteiger partial charge in [0.1, 0.15) is 0 Å². The van der Waals surface area contributed by atoms with E-state index < -0.39 is 0 Å². The van der Waals surface area contributed by atoms with Gasteiger partial charge in [0.25, 0.3) is 0 Å². The topological polar surface area (TPSA) is 37.4 Å². The third-order valence-electron chi connectivity index (χ3n) is 1.97. The van der Waals surface area contributed by atoms with Gasteiger partial charge in [0.15, 0.2) is 0 Å². The Morgan fingerprint density at radius 2 is 1.54 bits per heavy atom. The Balaban J connectivity index is 2.57. The van der Waals surface area contributed by atoms with Gasteiger partial charge < -0.3 is 0 Å². The molecule has 13 heavy (non-hydrogen) atoms. The first-order chi connectivity index (χ1) is 6.25. The van der Waals surface area contributed by atoms with Crippen LogP contribution in [0.25, 0.3) is 0 Å². The fraction of sp³-hybridized carbons (Fsp3) is 0.111. The average Bonchev–Trinajstić information content (AvgIpc) is 2.41. The summed E-state index contributed by atoms with van der Waals surface area (Å²) in [5, 5.41) is 0. The van der Waals surface area contributed by atoms with Gasteiger partial charge in [-0.2, -0.15) is 0 Å². The number of nitrogens with zero attached hydrogens (tertiary/aromatic N) is 1. The molecule has 2 amide bonds. The molecule has 0 bridgehead atoms. The molecular formula is C9H6CuNO2. The maximum absolute atomic E-state index is 11.5. The normalized spacial score (nSPS) is 15.1. The molecule has 2 rings (SSSR count). The second kappa shape index (κ2) is 2.98. The molecule has 0 fully saturated rings. The number of carbonyl (C=O) groups excluding carboxylic acids is 2. The van der Waals surface area contributed by atoms with Crippen LogP contribution in [-0.4, -0.2) is 22.2 Å². The third-order valence-corrected chi connectivity index (χ3v) is 2.27. The van der Waals surface area contributed by atoms with Gasteiger partial charge in [-0.1, -0.05) is 0 Å². The molecule has 1 aromatic rings. The summed E-state index contributed by atoms with van der Waals surface area (Å²) in [4.78, 5) is 24.0. The Morgan fingerprint density at radius 1 is 1.08 bits per heavy atom. The molecule has 4 heteroatoms. The van der Waals surface area contributed by atoms with E-state index in [2.05, 4.69) is 0 Å². The number of rotatable bonds is 1. The van der Waals surface area contributed by atoms with Crippen molar-refractivity contribution in [1.29, 1.82) is 0 Å². The summed E-state index contributed by atoms with van der Waals surface area (Å²) in [6, 6.07) is 6.74. The Hall–Kier alpha value is -1.12. The van der Waals surface area contributed by atoms with Crippen LogP contribution in [0, 0.1) is 0 Å². The predicted molar refractivity (Wildman–Crippen MR) is 41.8 cm³/mol.